The van der Waals surface area contributed by atoms with Gasteiger partial charge in [0.1, 0.15) is 6.67 Å². The predicted molar refractivity (Wildman–Crippen MR) is 145 cm³/mol. The van der Waals surface area contributed by atoms with E-state index in [4.69, 9.17) is 4.84 Å². The molecule has 1 amide bonds. The summed E-state index contributed by atoms with van der Waals surface area (Å²) in [5.41, 5.74) is 2.21. The first kappa shape index (κ1) is 27.9. The van der Waals surface area contributed by atoms with Crippen molar-refractivity contribution in [2.24, 2.45) is 45.1 Å². The van der Waals surface area contributed by atoms with Crippen molar-refractivity contribution in [3.05, 3.63) is 0 Å². The van der Waals surface area contributed by atoms with E-state index >= 15 is 0 Å². The predicted octanol–water partition coefficient (Wildman–Crippen LogP) is 7.21. The number of rotatable bonds is 9. The average molecular weight is 506 g/mol. The molecule has 4 saturated carbocycles. The Morgan fingerprint density at radius 1 is 1.00 bits per heavy atom. The monoisotopic (exact) mass is 505 g/mol. The van der Waals surface area contributed by atoms with Gasteiger partial charge in [0.25, 0.3) is 0 Å². The van der Waals surface area contributed by atoms with Gasteiger partial charge in [0.05, 0.1) is 12.3 Å². The van der Waals surface area contributed by atoms with Gasteiger partial charge in [-0.2, -0.15) is 0 Å². The summed E-state index contributed by atoms with van der Waals surface area (Å²) in [5.74, 6) is 2.80. The van der Waals surface area contributed by atoms with Crippen LogP contribution in [0.25, 0.3) is 0 Å². The number of halogens is 1. The molecule has 36 heavy (non-hydrogen) atoms. The molecule has 4 aliphatic carbocycles. The fourth-order valence-electron chi connectivity index (χ4n) is 9.44. The van der Waals surface area contributed by atoms with Gasteiger partial charge < -0.3 is 10.2 Å². The zero-order chi connectivity index (χ0) is 26.0. The van der Waals surface area contributed by atoms with Crippen molar-refractivity contribution in [1.82, 2.24) is 10.2 Å². The molecule has 4 rings (SSSR count). The minimum absolute atomic E-state index is 0.0468. The third-order valence-electron chi connectivity index (χ3n) is 11.7. The highest BCUT2D eigenvalue weighted by Crippen LogP contribution is 2.70. The Morgan fingerprint density at radius 2 is 1.78 bits per heavy atom. The number of carbonyl (C=O) groups excluding carboxylic acids is 1. The van der Waals surface area contributed by atoms with Crippen molar-refractivity contribution < 1.29 is 14.0 Å². The zero-order valence-electron chi connectivity index (χ0n) is 23.7. The van der Waals surface area contributed by atoms with E-state index in [2.05, 4.69) is 38.2 Å². The van der Waals surface area contributed by atoms with Crippen LogP contribution < -0.4 is 5.32 Å². The van der Waals surface area contributed by atoms with Crippen LogP contribution in [0.5, 0.6) is 0 Å². The van der Waals surface area contributed by atoms with Crippen molar-refractivity contribution in [3.63, 3.8) is 0 Å². The summed E-state index contributed by atoms with van der Waals surface area (Å²) in [4.78, 5) is 19.5. The lowest BCUT2D eigenvalue weighted by Gasteiger charge is -2.64. The average Bonchev–Trinajstić information content (AvgIpc) is 3.22. The van der Waals surface area contributed by atoms with E-state index in [0.29, 0.717) is 29.8 Å². The maximum Gasteiger partial charge on any atom is 0.436 e. The number of amides is 1. The van der Waals surface area contributed by atoms with E-state index < -0.39 is 12.8 Å². The van der Waals surface area contributed by atoms with Crippen LogP contribution in [0.3, 0.4) is 0 Å². The highest BCUT2D eigenvalue weighted by atomic mass is 19.1. The summed E-state index contributed by atoms with van der Waals surface area (Å²) in [6.45, 7) is 13.3. The van der Waals surface area contributed by atoms with Crippen LogP contribution in [-0.2, 0) is 4.84 Å². The van der Waals surface area contributed by atoms with E-state index in [-0.39, 0.29) is 12.0 Å². The molecule has 0 radical (unpaired) electrons. The van der Waals surface area contributed by atoms with Crippen molar-refractivity contribution >= 4 is 11.8 Å². The van der Waals surface area contributed by atoms with Gasteiger partial charge >= 0.3 is 6.09 Å². The summed E-state index contributed by atoms with van der Waals surface area (Å²) in [7, 11) is 0. The second-order valence-electron chi connectivity index (χ2n) is 13.3. The molecule has 0 unspecified atom stereocenters. The molecular weight excluding hydrogens is 453 g/mol. The largest absolute Gasteiger partial charge is 0.436 e. The molecule has 1 N–H and O–H groups in total. The quantitative estimate of drug-likeness (QED) is 0.156. The van der Waals surface area contributed by atoms with Crippen LogP contribution in [0.4, 0.5) is 9.18 Å². The van der Waals surface area contributed by atoms with Crippen molar-refractivity contribution in [1.29, 1.82) is 0 Å². The first-order valence-electron chi connectivity index (χ1n) is 15.0. The van der Waals surface area contributed by atoms with Crippen LogP contribution >= 0.6 is 0 Å². The molecule has 0 aromatic rings. The molecule has 4 aliphatic rings. The topological polar surface area (TPSA) is 53.9 Å². The molecule has 4 fully saturated rings. The number of nitrogens with one attached hydrogen (secondary N) is 1. The SMILES string of the molecule is CCCNCCN(CCF)C(=O)O/N=C(\C)[C@H]1CC[C@H]2[C@@H]3CC[C@]4(C)CCCC[C@]4(C)[C@H]3CC[C@]12C. The number of hydrogen-bond acceptors (Lipinski definition) is 4. The maximum atomic E-state index is 13.0. The Kier molecular flexibility index (Phi) is 8.74. The summed E-state index contributed by atoms with van der Waals surface area (Å²) < 4.78 is 13.0. The van der Waals surface area contributed by atoms with Gasteiger partial charge in [-0.1, -0.05) is 45.7 Å². The van der Waals surface area contributed by atoms with Crippen LogP contribution in [0.2, 0.25) is 0 Å². The maximum absolute atomic E-state index is 13.0. The fourth-order valence-corrected chi connectivity index (χ4v) is 9.44. The molecule has 0 spiro atoms. The lowest BCUT2D eigenvalue weighted by atomic mass is 9.40. The first-order valence-corrected chi connectivity index (χ1v) is 15.0. The van der Waals surface area contributed by atoms with Gasteiger partial charge in [-0.15, -0.1) is 0 Å². The van der Waals surface area contributed by atoms with Crippen LogP contribution in [0.1, 0.15) is 105 Å². The zero-order valence-corrected chi connectivity index (χ0v) is 23.7. The van der Waals surface area contributed by atoms with E-state index in [9.17, 15) is 9.18 Å². The fraction of sp³-hybridized carbons (Fsp3) is 0.933. The smallest absolute Gasteiger partial charge is 0.315 e. The van der Waals surface area contributed by atoms with Gasteiger partial charge in [0, 0.05) is 19.0 Å². The van der Waals surface area contributed by atoms with E-state index in [1.54, 1.807) is 0 Å². The lowest BCUT2D eigenvalue weighted by molar-refractivity contribution is -0.150. The van der Waals surface area contributed by atoms with Crippen molar-refractivity contribution in [2.75, 3.05) is 32.9 Å². The highest BCUT2D eigenvalue weighted by Gasteiger charge is 2.62. The first-order chi connectivity index (χ1) is 17.2. The molecule has 0 aromatic heterocycles. The normalized spacial score (nSPS) is 40.2. The number of nitrogens with zero attached hydrogens (tertiary/aromatic N) is 2. The summed E-state index contributed by atoms with van der Waals surface area (Å²) in [6, 6.07) is 0. The summed E-state index contributed by atoms with van der Waals surface area (Å²) in [5, 5.41) is 7.63. The highest BCUT2D eigenvalue weighted by molar-refractivity contribution is 5.85. The molecule has 6 heteroatoms. The minimum Gasteiger partial charge on any atom is -0.315 e. The van der Waals surface area contributed by atoms with Gasteiger partial charge in [-0.25, -0.2) is 9.18 Å². The second kappa shape index (κ2) is 11.3. The molecule has 5 nitrogen and oxygen atoms in total. The van der Waals surface area contributed by atoms with E-state index in [0.717, 1.165) is 42.9 Å². The molecule has 0 aromatic carbocycles. The second-order valence-corrected chi connectivity index (χ2v) is 13.3. The molecule has 0 aliphatic heterocycles. The molecular formula is C30H52FN3O2. The molecule has 206 valence electrons. The Bertz CT molecular complexity index is 805. The number of alkyl halides is 1. The Labute approximate surface area is 219 Å². The van der Waals surface area contributed by atoms with Gasteiger partial charge in [0.15, 0.2) is 0 Å². The Hall–Kier alpha value is -1.17. The third-order valence-corrected chi connectivity index (χ3v) is 11.7. The number of hydrogen-bond donors (Lipinski definition) is 1. The minimum atomic E-state index is -0.575. The van der Waals surface area contributed by atoms with Crippen molar-refractivity contribution in [2.45, 2.75) is 105 Å². The third kappa shape index (κ3) is 4.97. The lowest BCUT2D eigenvalue weighted by Crippen LogP contribution is -2.56. The van der Waals surface area contributed by atoms with Gasteiger partial charge in [-0.05, 0) is 105 Å². The van der Waals surface area contributed by atoms with Crippen LogP contribution in [0, 0.1) is 39.9 Å². The summed E-state index contributed by atoms with van der Waals surface area (Å²) >= 11 is 0. The Morgan fingerprint density at radius 3 is 2.53 bits per heavy atom. The van der Waals surface area contributed by atoms with E-state index in [1.165, 1.54) is 62.7 Å². The van der Waals surface area contributed by atoms with E-state index in [1.807, 2.05) is 6.92 Å². The number of fused-ring (bicyclic) bond motifs is 5. The van der Waals surface area contributed by atoms with Gasteiger partial charge in [0.2, 0.25) is 0 Å². The van der Waals surface area contributed by atoms with Crippen LogP contribution in [0.15, 0.2) is 5.16 Å². The number of carbonyl (C=O) groups is 1. The number of oxime groups is 1. The van der Waals surface area contributed by atoms with Crippen LogP contribution in [-0.4, -0.2) is 49.6 Å². The van der Waals surface area contributed by atoms with Gasteiger partial charge in [-0.3, -0.25) is 4.84 Å². The Balaban J connectivity index is 1.41. The standard InChI is InChI=1S/C30H52FN3O2/c1-6-18-32-19-21-34(20-17-31)27(35)36-33-22(2)24-9-10-25-23-11-15-28(3)13-7-8-14-30(28,5)26(23)12-16-29(24,25)4/h23-26,32H,6-21H2,1-5H3/b33-22+/t23-,24+,25-,26-,28-,29+,30+/m0/s1. The molecule has 7 atom stereocenters. The molecule has 0 bridgehead atoms. The molecule has 0 saturated heterocycles. The summed E-state index contributed by atoms with van der Waals surface area (Å²) in [6.07, 6.45) is 13.9. The van der Waals surface area contributed by atoms with Crippen molar-refractivity contribution in [3.8, 4) is 0 Å². The molecule has 0 heterocycles.